The smallest absolute Gasteiger partial charge is 0.278 e. The highest BCUT2D eigenvalue weighted by Crippen LogP contribution is 2.24. The van der Waals surface area contributed by atoms with Crippen molar-refractivity contribution in [3.63, 3.8) is 0 Å². The number of nitrogens with one attached hydrogen (secondary N) is 1. The average Bonchev–Trinajstić information content (AvgIpc) is 3.05. The van der Waals surface area contributed by atoms with Gasteiger partial charge in [0.05, 0.1) is 11.3 Å². The van der Waals surface area contributed by atoms with Gasteiger partial charge < -0.3 is 15.5 Å². The van der Waals surface area contributed by atoms with Gasteiger partial charge in [0, 0.05) is 5.56 Å². The molecular weight excluding hydrogens is 294 g/mol. The molecule has 114 valence electrons. The lowest BCUT2D eigenvalue weighted by molar-refractivity contribution is 0.100. The van der Waals surface area contributed by atoms with E-state index in [0.29, 0.717) is 11.4 Å². The van der Waals surface area contributed by atoms with Gasteiger partial charge in [-0.3, -0.25) is 9.59 Å². The molecule has 0 fully saturated rings. The number of para-hydroxylation sites is 1. The Balaban J connectivity index is 1.92. The fraction of sp³-hybridized carbons (Fsp3) is 0. The summed E-state index contributed by atoms with van der Waals surface area (Å²) in [6.45, 7) is 0. The summed E-state index contributed by atoms with van der Waals surface area (Å²) in [5.41, 5.74) is 6.73. The zero-order chi connectivity index (χ0) is 16.2. The maximum atomic E-state index is 12.5. The molecule has 6 heteroatoms. The van der Waals surface area contributed by atoms with Gasteiger partial charge in [-0.1, -0.05) is 42.5 Å². The molecule has 0 saturated heterocycles. The number of benzene rings is 2. The van der Waals surface area contributed by atoms with Gasteiger partial charge in [0.25, 0.3) is 11.8 Å². The van der Waals surface area contributed by atoms with Crippen LogP contribution in [0.2, 0.25) is 0 Å². The number of anilines is 1. The molecule has 1 aromatic heterocycles. The van der Waals surface area contributed by atoms with E-state index in [0.717, 1.165) is 5.56 Å². The Bertz CT molecular complexity index is 856. The lowest BCUT2D eigenvalue weighted by Crippen LogP contribution is -2.18. The molecule has 0 atom stereocenters. The van der Waals surface area contributed by atoms with Crippen LogP contribution in [-0.2, 0) is 0 Å². The third-order valence-electron chi connectivity index (χ3n) is 3.26. The number of primary amides is 1. The maximum Gasteiger partial charge on any atom is 0.278 e. The Morgan fingerprint density at radius 1 is 1.00 bits per heavy atom. The molecule has 23 heavy (non-hydrogen) atoms. The summed E-state index contributed by atoms with van der Waals surface area (Å²) in [7, 11) is 0. The molecule has 0 radical (unpaired) electrons. The van der Waals surface area contributed by atoms with Gasteiger partial charge in [-0.25, -0.2) is 4.98 Å². The van der Waals surface area contributed by atoms with E-state index in [2.05, 4.69) is 10.3 Å². The van der Waals surface area contributed by atoms with Gasteiger partial charge in [0.15, 0.2) is 17.8 Å². The molecule has 3 rings (SSSR count). The van der Waals surface area contributed by atoms with Crippen molar-refractivity contribution in [2.24, 2.45) is 5.73 Å². The van der Waals surface area contributed by atoms with E-state index in [1.807, 2.05) is 30.3 Å². The molecule has 2 aromatic carbocycles. The lowest BCUT2D eigenvalue weighted by atomic mass is 10.1. The predicted octanol–water partition coefficient (Wildman–Crippen LogP) is 2.69. The van der Waals surface area contributed by atoms with Crippen molar-refractivity contribution >= 4 is 17.5 Å². The quantitative estimate of drug-likeness (QED) is 0.774. The Kier molecular flexibility index (Phi) is 3.88. The van der Waals surface area contributed by atoms with Crippen LogP contribution in [-0.4, -0.2) is 16.8 Å². The number of nitrogens with zero attached hydrogens (tertiary/aromatic N) is 1. The third kappa shape index (κ3) is 2.96. The summed E-state index contributed by atoms with van der Waals surface area (Å²) in [6, 6.07) is 15.7. The minimum absolute atomic E-state index is 0.135. The number of amides is 2. The first-order valence-electron chi connectivity index (χ1n) is 6.86. The minimum Gasteiger partial charge on any atom is -0.443 e. The molecule has 3 aromatic rings. The van der Waals surface area contributed by atoms with E-state index in [9.17, 15) is 9.59 Å². The number of hydrogen-bond acceptors (Lipinski definition) is 4. The van der Waals surface area contributed by atoms with Crippen molar-refractivity contribution in [1.29, 1.82) is 0 Å². The first-order chi connectivity index (χ1) is 11.2. The zero-order valence-electron chi connectivity index (χ0n) is 12.0. The van der Waals surface area contributed by atoms with Crippen molar-refractivity contribution in [3.05, 3.63) is 72.2 Å². The Morgan fingerprint density at radius 3 is 2.43 bits per heavy atom. The standard InChI is InChI=1S/C17H13N3O3/c18-16(21)12-8-4-5-9-13(12)20-17(22)14-15(23-10-19-14)11-6-2-1-3-7-11/h1-10H,(H2,18,21)(H,20,22). The van der Waals surface area contributed by atoms with Crippen molar-refractivity contribution in [2.45, 2.75) is 0 Å². The normalized spacial score (nSPS) is 10.3. The van der Waals surface area contributed by atoms with Gasteiger partial charge >= 0.3 is 0 Å². The highest BCUT2D eigenvalue weighted by molar-refractivity contribution is 6.09. The van der Waals surface area contributed by atoms with Gasteiger partial charge in [-0.2, -0.15) is 0 Å². The molecule has 0 saturated carbocycles. The number of carbonyl (C=O) groups excluding carboxylic acids is 2. The summed E-state index contributed by atoms with van der Waals surface area (Å²) in [5.74, 6) is -0.740. The summed E-state index contributed by atoms with van der Waals surface area (Å²) >= 11 is 0. The molecule has 0 aliphatic rings. The van der Waals surface area contributed by atoms with Crippen LogP contribution in [0.25, 0.3) is 11.3 Å². The Hall–Kier alpha value is -3.41. The Morgan fingerprint density at radius 2 is 1.70 bits per heavy atom. The average molecular weight is 307 g/mol. The van der Waals surface area contributed by atoms with Crippen LogP contribution in [0.3, 0.4) is 0 Å². The third-order valence-corrected chi connectivity index (χ3v) is 3.26. The molecule has 0 bridgehead atoms. The number of nitrogens with two attached hydrogens (primary N) is 1. The van der Waals surface area contributed by atoms with Gasteiger partial charge in [0.1, 0.15) is 0 Å². The molecule has 0 spiro atoms. The van der Waals surface area contributed by atoms with Crippen molar-refractivity contribution in [3.8, 4) is 11.3 Å². The van der Waals surface area contributed by atoms with E-state index in [1.165, 1.54) is 6.39 Å². The SMILES string of the molecule is NC(=O)c1ccccc1NC(=O)c1ncoc1-c1ccccc1. The van der Waals surface area contributed by atoms with Gasteiger partial charge in [0.2, 0.25) is 0 Å². The van der Waals surface area contributed by atoms with Crippen LogP contribution in [0, 0.1) is 0 Å². The zero-order valence-corrected chi connectivity index (χ0v) is 12.0. The van der Waals surface area contributed by atoms with E-state index < -0.39 is 11.8 Å². The van der Waals surface area contributed by atoms with Crippen LogP contribution in [0.5, 0.6) is 0 Å². The summed E-state index contributed by atoms with van der Waals surface area (Å²) in [6.07, 6.45) is 1.21. The van der Waals surface area contributed by atoms with E-state index in [-0.39, 0.29) is 11.3 Å². The van der Waals surface area contributed by atoms with Gasteiger partial charge in [-0.05, 0) is 12.1 Å². The molecule has 2 amide bonds. The van der Waals surface area contributed by atoms with Crippen LogP contribution in [0.15, 0.2) is 65.4 Å². The second kappa shape index (κ2) is 6.15. The van der Waals surface area contributed by atoms with Crippen molar-refractivity contribution in [1.82, 2.24) is 4.98 Å². The first-order valence-corrected chi connectivity index (χ1v) is 6.86. The largest absolute Gasteiger partial charge is 0.443 e. The molecule has 0 unspecified atom stereocenters. The molecule has 3 N–H and O–H groups in total. The predicted molar refractivity (Wildman–Crippen MR) is 84.9 cm³/mol. The van der Waals surface area contributed by atoms with E-state index in [1.54, 1.807) is 24.3 Å². The van der Waals surface area contributed by atoms with Gasteiger partial charge in [-0.15, -0.1) is 0 Å². The molecular formula is C17H13N3O3. The highest BCUT2D eigenvalue weighted by atomic mass is 16.3. The monoisotopic (exact) mass is 307 g/mol. The van der Waals surface area contributed by atoms with Crippen LogP contribution in [0.4, 0.5) is 5.69 Å². The maximum absolute atomic E-state index is 12.5. The van der Waals surface area contributed by atoms with Crippen LogP contribution in [0.1, 0.15) is 20.8 Å². The fourth-order valence-electron chi connectivity index (χ4n) is 2.19. The number of carbonyl (C=O) groups is 2. The molecule has 6 nitrogen and oxygen atoms in total. The van der Waals surface area contributed by atoms with Crippen LogP contribution < -0.4 is 11.1 Å². The molecule has 0 aliphatic heterocycles. The van der Waals surface area contributed by atoms with E-state index >= 15 is 0 Å². The van der Waals surface area contributed by atoms with Crippen molar-refractivity contribution < 1.29 is 14.0 Å². The Labute approximate surface area is 132 Å². The van der Waals surface area contributed by atoms with Crippen LogP contribution >= 0.6 is 0 Å². The summed E-state index contributed by atoms with van der Waals surface area (Å²) in [4.78, 5) is 27.8. The number of aromatic nitrogens is 1. The second-order valence-electron chi connectivity index (χ2n) is 4.76. The number of hydrogen-bond donors (Lipinski definition) is 2. The summed E-state index contributed by atoms with van der Waals surface area (Å²) < 4.78 is 5.32. The first kappa shape index (κ1) is 14.5. The topological polar surface area (TPSA) is 98.2 Å². The second-order valence-corrected chi connectivity index (χ2v) is 4.76. The number of rotatable bonds is 4. The highest BCUT2D eigenvalue weighted by Gasteiger charge is 2.19. The van der Waals surface area contributed by atoms with E-state index in [4.69, 9.17) is 10.2 Å². The lowest BCUT2D eigenvalue weighted by Gasteiger charge is -2.08. The molecule has 0 aliphatic carbocycles. The summed E-state index contributed by atoms with van der Waals surface area (Å²) in [5, 5.41) is 2.64. The number of oxazole rings is 1. The van der Waals surface area contributed by atoms with Crippen molar-refractivity contribution in [2.75, 3.05) is 5.32 Å². The minimum atomic E-state index is -0.621. The fourth-order valence-corrected chi connectivity index (χ4v) is 2.19. The molecule has 1 heterocycles.